The molecule has 6 heteroatoms. The summed E-state index contributed by atoms with van der Waals surface area (Å²) in [5.41, 5.74) is 0.468. The first kappa shape index (κ1) is 17.6. The van der Waals surface area contributed by atoms with Crippen LogP contribution in [0.4, 0.5) is 0 Å². The Kier molecular flexibility index (Phi) is 5.85. The summed E-state index contributed by atoms with van der Waals surface area (Å²) in [6, 6.07) is 4.79. The van der Waals surface area contributed by atoms with E-state index in [2.05, 4.69) is 0 Å². The number of rotatable bonds is 5. The van der Waals surface area contributed by atoms with Crippen molar-refractivity contribution < 1.29 is 24.1 Å². The standard InChI is InChI=1S/C17H25NO5/c1-18(14-6-5-7-15(23-4)16(14)19)17(20)11-8-12(21-2)10-13(9-11)22-3/h8-10,14-16,19H,5-7H2,1-4H3/t14-,15-,16-/m1/s1. The molecule has 1 amide bonds. The Hall–Kier alpha value is -1.79. The van der Waals surface area contributed by atoms with Gasteiger partial charge in [0, 0.05) is 25.8 Å². The minimum Gasteiger partial charge on any atom is -0.497 e. The molecule has 0 radical (unpaired) electrons. The normalized spacial score (nSPS) is 24.1. The lowest BCUT2D eigenvalue weighted by Gasteiger charge is -2.39. The predicted molar refractivity (Wildman–Crippen MR) is 86.1 cm³/mol. The number of hydrogen-bond donors (Lipinski definition) is 1. The Balaban J connectivity index is 2.22. The van der Waals surface area contributed by atoms with Crippen LogP contribution in [0, 0.1) is 0 Å². The lowest BCUT2D eigenvalue weighted by molar-refractivity contribution is -0.0714. The fourth-order valence-corrected chi connectivity index (χ4v) is 3.08. The Labute approximate surface area is 136 Å². The molecule has 0 spiro atoms. The van der Waals surface area contributed by atoms with Crippen LogP contribution in [-0.4, -0.2) is 62.5 Å². The van der Waals surface area contributed by atoms with Gasteiger partial charge in [-0.2, -0.15) is 0 Å². The average molecular weight is 323 g/mol. The van der Waals surface area contributed by atoms with Gasteiger partial charge >= 0.3 is 0 Å². The highest BCUT2D eigenvalue weighted by molar-refractivity contribution is 5.95. The van der Waals surface area contributed by atoms with Crippen molar-refractivity contribution in [3.05, 3.63) is 23.8 Å². The maximum absolute atomic E-state index is 12.8. The number of nitrogens with zero attached hydrogens (tertiary/aromatic N) is 1. The molecule has 1 saturated carbocycles. The van der Waals surface area contributed by atoms with Crippen molar-refractivity contribution in [2.24, 2.45) is 0 Å². The molecule has 1 aromatic rings. The van der Waals surface area contributed by atoms with Crippen molar-refractivity contribution in [3.8, 4) is 11.5 Å². The Bertz CT molecular complexity index is 526. The number of ether oxygens (including phenoxy) is 3. The van der Waals surface area contributed by atoms with Gasteiger partial charge in [-0.25, -0.2) is 0 Å². The van der Waals surface area contributed by atoms with Crippen LogP contribution in [0.5, 0.6) is 11.5 Å². The number of aliphatic hydroxyl groups is 1. The molecule has 1 fully saturated rings. The summed E-state index contributed by atoms with van der Waals surface area (Å²) in [7, 11) is 6.38. The molecule has 0 aliphatic heterocycles. The van der Waals surface area contributed by atoms with Crippen LogP contribution in [0.3, 0.4) is 0 Å². The molecule has 0 heterocycles. The van der Waals surface area contributed by atoms with E-state index in [0.717, 1.165) is 19.3 Å². The molecule has 1 aliphatic rings. The second-order valence-electron chi connectivity index (χ2n) is 5.78. The highest BCUT2D eigenvalue weighted by Crippen LogP contribution is 2.28. The molecule has 6 nitrogen and oxygen atoms in total. The number of hydrogen-bond acceptors (Lipinski definition) is 5. The Morgan fingerprint density at radius 1 is 1.13 bits per heavy atom. The molecular formula is C17H25NO5. The molecule has 0 aromatic heterocycles. The van der Waals surface area contributed by atoms with Gasteiger partial charge in [-0.05, 0) is 31.4 Å². The lowest BCUT2D eigenvalue weighted by Crippen LogP contribution is -2.52. The number of carbonyl (C=O) groups excluding carboxylic acids is 1. The van der Waals surface area contributed by atoms with E-state index < -0.39 is 6.10 Å². The van der Waals surface area contributed by atoms with Crippen LogP contribution >= 0.6 is 0 Å². The molecule has 0 unspecified atom stereocenters. The third-order valence-corrected chi connectivity index (χ3v) is 4.48. The minimum absolute atomic E-state index is 0.178. The van der Waals surface area contributed by atoms with Crippen LogP contribution in [0.1, 0.15) is 29.6 Å². The third-order valence-electron chi connectivity index (χ3n) is 4.48. The van der Waals surface area contributed by atoms with Gasteiger partial charge in [-0.3, -0.25) is 4.79 Å². The zero-order valence-corrected chi connectivity index (χ0v) is 14.1. The summed E-state index contributed by atoms with van der Waals surface area (Å²) in [5.74, 6) is 0.933. The van der Waals surface area contributed by atoms with Crippen molar-refractivity contribution in [1.29, 1.82) is 0 Å². The summed E-state index contributed by atoms with van der Waals surface area (Å²) >= 11 is 0. The van der Waals surface area contributed by atoms with Crippen LogP contribution in [-0.2, 0) is 4.74 Å². The number of aliphatic hydroxyl groups excluding tert-OH is 1. The smallest absolute Gasteiger partial charge is 0.254 e. The van der Waals surface area contributed by atoms with E-state index >= 15 is 0 Å². The fraction of sp³-hybridized carbons (Fsp3) is 0.588. The Morgan fingerprint density at radius 3 is 2.26 bits per heavy atom. The van der Waals surface area contributed by atoms with Gasteiger partial charge in [0.05, 0.1) is 26.4 Å². The SMILES string of the molecule is COc1cc(OC)cc(C(=O)N(C)[C@@H]2CCC[C@@H](OC)[C@@H]2O)c1. The summed E-state index contributed by atoms with van der Waals surface area (Å²) < 4.78 is 15.7. The molecule has 0 bridgehead atoms. The van der Waals surface area contributed by atoms with E-state index in [1.165, 1.54) is 0 Å². The number of benzene rings is 1. The van der Waals surface area contributed by atoms with E-state index in [4.69, 9.17) is 14.2 Å². The van der Waals surface area contributed by atoms with E-state index in [1.807, 2.05) is 0 Å². The highest BCUT2D eigenvalue weighted by atomic mass is 16.5. The number of methoxy groups -OCH3 is 3. The fourth-order valence-electron chi connectivity index (χ4n) is 3.08. The van der Waals surface area contributed by atoms with Crippen LogP contribution in [0.2, 0.25) is 0 Å². The molecule has 1 N–H and O–H groups in total. The van der Waals surface area contributed by atoms with Gasteiger partial charge in [0.2, 0.25) is 0 Å². The molecule has 1 aromatic carbocycles. The molecule has 128 valence electrons. The van der Waals surface area contributed by atoms with E-state index in [9.17, 15) is 9.90 Å². The van der Waals surface area contributed by atoms with Gasteiger partial charge in [0.1, 0.15) is 17.6 Å². The van der Waals surface area contributed by atoms with Gasteiger partial charge in [-0.15, -0.1) is 0 Å². The van der Waals surface area contributed by atoms with Gasteiger partial charge in [-0.1, -0.05) is 0 Å². The third kappa shape index (κ3) is 3.76. The zero-order valence-electron chi connectivity index (χ0n) is 14.1. The number of amides is 1. The van der Waals surface area contributed by atoms with Crippen molar-refractivity contribution in [2.45, 2.75) is 37.5 Å². The lowest BCUT2D eigenvalue weighted by atomic mass is 9.88. The molecule has 0 saturated heterocycles. The van der Waals surface area contributed by atoms with Crippen molar-refractivity contribution in [2.75, 3.05) is 28.4 Å². The van der Waals surface area contributed by atoms with Crippen molar-refractivity contribution in [1.82, 2.24) is 4.90 Å². The topological polar surface area (TPSA) is 68.2 Å². The van der Waals surface area contributed by atoms with Crippen LogP contribution < -0.4 is 9.47 Å². The largest absolute Gasteiger partial charge is 0.497 e. The second kappa shape index (κ2) is 7.66. The summed E-state index contributed by atoms with van der Waals surface area (Å²) in [6.07, 6.45) is 1.56. The highest BCUT2D eigenvalue weighted by Gasteiger charge is 2.36. The van der Waals surface area contributed by atoms with Crippen LogP contribution in [0.15, 0.2) is 18.2 Å². The average Bonchev–Trinajstić information content (AvgIpc) is 2.60. The quantitative estimate of drug-likeness (QED) is 0.893. The summed E-state index contributed by atoms with van der Waals surface area (Å²) in [4.78, 5) is 14.4. The monoisotopic (exact) mass is 323 g/mol. The number of carbonyl (C=O) groups is 1. The van der Waals surface area contributed by atoms with E-state index in [1.54, 1.807) is 51.5 Å². The van der Waals surface area contributed by atoms with E-state index in [0.29, 0.717) is 17.1 Å². The van der Waals surface area contributed by atoms with E-state index in [-0.39, 0.29) is 18.1 Å². The van der Waals surface area contributed by atoms with Crippen LogP contribution in [0.25, 0.3) is 0 Å². The first-order chi connectivity index (χ1) is 11.0. The van der Waals surface area contributed by atoms with Gasteiger partial charge in [0.25, 0.3) is 5.91 Å². The minimum atomic E-state index is -0.685. The second-order valence-corrected chi connectivity index (χ2v) is 5.78. The maximum Gasteiger partial charge on any atom is 0.254 e. The predicted octanol–water partition coefficient (Wildman–Crippen LogP) is 1.70. The Morgan fingerprint density at radius 2 is 1.74 bits per heavy atom. The number of likely N-dealkylation sites (N-methyl/N-ethyl adjacent to an activating group) is 1. The molecule has 23 heavy (non-hydrogen) atoms. The maximum atomic E-state index is 12.8. The van der Waals surface area contributed by atoms with Crippen molar-refractivity contribution >= 4 is 5.91 Å². The summed E-state index contributed by atoms with van der Waals surface area (Å²) in [6.45, 7) is 0. The zero-order chi connectivity index (χ0) is 17.0. The first-order valence-electron chi connectivity index (χ1n) is 7.73. The molecule has 3 atom stereocenters. The summed E-state index contributed by atoms with van der Waals surface area (Å²) in [5, 5.41) is 10.4. The first-order valence-corrected chi connectivity index (χ1v) is 7.73. The molecular weight excluding hydrogens is 298 g/mol. The van der Waals surface area contributed by atoms with Crippen molar-refractivity contribution in [3.63, 3.8) is 0 Å². The molecule has 2 rings (SSSR count). The molecule has 1 aliphatic carbocycles. The van der Waals surface area contributed by atoms with Gasteiger partial charge < -0.3 is 24.2 Å². The van der Waals surface area contributed by atoms with Gasteiger partial charge in [0.15, 0.2) is 0 Å².